The molecule has 0 bridgehead atoms. The third-order valence-electron chi connectivity index (χ3n) is 10.4. The van der Waals surface area contributed by atoms with Crippen molar-refractivity contribution in [3.63, 3.8) is 0 Å². The average Bonchev–Trinajstić information content (AvgIpc) is 3.54. The van der Waals surface area contributed by atoms with E-state index in [1.807, 2.05) is 0 Å². The molecule has 0 radical (unpaired) electrons. The van der Waals surface area contributed by atoms with E-state index in [1.165, 1.54) is 75.9 Å². The number of rotatable bonds is 2. The molecule has 1 aromatic heterocycles. The first-order valence-electron chi connectivity index (χ1n) is 16.3. The highest BCUT2D eigenvalue weighted by atomic mass is 16.3. The molecule has 0 N–H and O–H groups in total. The Kier molecular flexibility index (Phi) is 4.90. The van der Waals surface area contributed by atoms with Gasteiger partial charge in [0, 0.05) is 21.7 Å². The molecule has 47 heavy (non-hydrogen) atoms. The first-order valence-corrected chi connectivity index (χ1v) is 16.3. The Labute approximate surface area is 270 Å². The maximum absolute atomic E-state index is 7.05. The van der Waals surface area contributed by atoms with Crippen molar-refractivity contribution in [3.8, 4) is 22.3 Å². The van der Waals surface area contributed by atoms with Crippen LogP contribution in [-0.4, -0.2) is 0 Å². The van der Waals surface area contributed by atoms with Gasteiger partial charge in [-0.1, -0.05) is 140 Å². The Bertz CT molecular complexity index is 3050. The zero-order valence-corrected chi connectivity index (χ0v) is 25.4. The second-order valence-electron chi connectivity index (χ2n) is 12.8. The molecular weight excluding hydrogens is 569 g/mol. The fourth-order valence-electron chi connectivity index (χ4n) is 8.21. The Morgan fingerprint density at radius 1 is 0.277 bits per heavy atom. The molecule has 0 aliphatic rings. The van der Waals surface area contributed by atoms with Gasteiger partial charge in [0.2, 0.25) is 0 Å². The van der Waals surface area contributed by atoms with Crippen LogP contribution in [0.1, 0.15) is 0 Å². The van der Waals surface area contributed by atoms with Gasteiger partial charge in [-0.25, -0.2) is 0 Å². The van der Waals surface area contributed by atoms with Crippen molar-refractivity contribution < 1.29 is 4.42 Å². The summed E-state index contributed by atoms with van der Waals surface area (Å²) in [5, 5.41) is 17.4. The molecule has 1 nitrogen and oxygen atoms in total. The lowest BCUT2D eigenvalue weighted by Gasteiger charge is -2.15. The van der Waals surface area contributed by atoms with Crippen molar-refractivity contribution in [2.24, 2.45) is 0 Å². The lowest BCUT2D eigenvalue weighted by molar-refractivity contribution is 0.674. The minimum atomic E-state index is 0.933. The highest BCUT2D eigenvalue weighted by molar-refractivity contribution is 6.28. The number of hydrogen-bond donors (Lipinski definition) is 0. The van der Waals surface area contributed by atoms with Gasteiger partial charge in [0.25, 0.3) is 0 Å². The number of benzene rings is 10. The Hall–Kier alpha value is -6.18. The fourth-order valence-corrected chi connectivity index (χ4v) is 8.21. The van der Waals surface area contributed by atoms with Crippen molar-refractivity contribution in [3.05, 3.63) is 158 Å². The molecule has 11 rings (SSSR count). The van der Waals surface area contributed by atoms with Crippen molar-refractivity contribution in [1.82, 2.24) is 0 Å². The second kappa shape index (κ2) is 9.19. The predicted octanol–water partition coefficient (Wildman–Crippen LogP) is 13.3. The predicted molar refractivity (Wildman–Crippen MR) is 201 cm³/mol. The summed E-state index contributed by atoms with van der Waals surface area (Å²) >= 11 is 0. The molecule has 0 spiro atoms. The molecule has 1 heterocycles. The van der Waals surface area contributed by atoms with Crippen LogP contribution in [0.5, 0.6) is 0 Å². The van der Waals surface area contributed by atoms with Gasteiger partial charge in [0.1, 0.15) is 11.2 Å². The van der Waals surface area contributed by atoms with Crippen LogP contribution in [0.25, 0.3) is 109 Å². The largest absolute Gasteiger partial charge is 0.455 e. The quantitative estimate of drug-likeness (QED) is 0.182. The van der Waals surface area contributed by atoms with Crippen LogP contribution in [0, 0.1) is 0 Å². The first-order chi connectivity index (χ1) is 23.3. The van der Waals surface area contributed by atoms with Crippen molar-refractivity contribution >= 4 is 86.6 Å². The number of furan rings is 1. The maximum Gasteiger partial charge on any atom is 0.143 e. The van der Waals surface area contributed by atoms with Crippen LogP contribution in [0.3, 0.4) is 0 Å². The molecule has 0 aliphatic carbocycles. The van der Waals surface area contributed by atoms with Crippen molar-refractivity contribution in [2.45, 2.75) is 0 Å². The second-order valence-corrected chi connectivity index (χ2v) is 12.8. The molecule has 0 atom stereocenters. The van der Waals surface area contributed by atoms with Crippen LogP contribution in [-0.2, 0) is 0 Å². The normalized spacial score (nSPS) is 12.3. The zero-order chi connectivity index (χ0) is 30.6. The molecule has 0 fully saturated rings. The van der Waals surface area contributed by atoms with Crippen LogP contribution < -0.4 is 0 Å². The van der Waals surface area contributed by atoms with E-state index in [2.05, 4.69) is 158 Å². The van der Waals surface area contributed by atoms with E-state index in [-0.39, 0.29) is 0 Å². The maximum atomic E-state index is 7.05. The van der Waals surface area contributed by atoms with E-state index in [9.17, 15) is 0 Å². The zero-order valence-electron chi connectivity index (χ0n) is 25.4. The van der Waals surface area contributed by atoms with Crippen LogP contribution in [0.15, 0.2) is 162 Å². The topological polar surface area (TPSA) is 13.1 Å². The third kappa shape index (κ3) is 3.43. The van der Waals surface area contributed by atoms with E-state index in [4.69, 9.17) is 4.42 Å². The highest BCUT2D eigenvalue weighted by Crippen LogP contribution is 2.47. The van der Waals surface area contributed by atoms with E-state index in [1.54, 1.807) is 0 Å². The summed E-state index contributed by atoms with van der Waals surface area (Å²) in [6.45, 7) is 0. The summed E-state index contributed by atoms with van der Waals surface area (Å²) in [5.41, 5.74) is 6.56. The Balaban J connectivity index is 1.24. The number of fused-ring (bicyclic) bond motifs is 8. The van der Waals surface area contributed by atoms with Crippen LogP contribution >= 0.6 is 0 Å². The molecule has 11 aromatic rings. The third-order valence-corrected chi connectivity index (χ3v) is 10.4. The van der Waals surface area contributed by atoms with Gasteiger partial charge in [0.05, 0.1) is 0 Å². The average molecular weight is 595 g/mol. The molecular formula is C46H26O. The first kappa shape index (κ1) is 25.1. The van der Waals surface area contributed by atoms with Gasteiger partial charge in [-0.05, 0) is 94.1 Å². The minimum absolute atomic E-state index is 0.933. The van der Waals surface area contributed by atoms with Crippen LogP contribution in [0.4, 0.5) is 0 Å². The summed E-state index contributed by atoms with van der Waals surface area (Å²) in [4.78, 5) is 0. The summed E-state index contributed by atoms with van der Waals surface area (Å²) in [7, 11) is 0. The Morgan fingerprint density at radius 2 is 0.830 bits per heavy atom. The molecule has 0 saturated heterocycles. The van der Waals surface area contributed by atoms with E-state index in [0.29, 0.717) is 0 Å². The molecule has 0 amide bonds. The monoisotopic (exact) mass is 594 g/mol. The molecule has 10 aromatic carbocycles. The van der Waals surface area contributed by atoms with Crippen LogP contribution in [0.2, 0.25) is 0 Å². The van der Waals surface area contributed by atoms with Gasteiger partial charge in [-0.3, -0.25) is 0 Å². The molecule has 1 heteroatoms. The Morgan fingerprint density at radius 3 is 1.70 bits per heavy atom. The summed E-state index contributed by atoms with van der Waals surface area (Å²) in [5.74, 6) is 0. The summed E-state index contributed by atoms with van der Waals surface area (Å²) < 4.78 is 7.05. The van der Waals surface area contributed by atoms with E-state index >= 15 is 0 Å². The van der Waals surface area contributed by atoms with E-state index in [0.717, 1.165) is 32.9 Å². The molecule has 216 valence electrons. The van der Waals surface area contributed by atoms with Gasteiger partial charge in [-0.2, -0.15) is 0 Å². The van der Waals surface area contributed by atoms with E-state index < -0.39 is 0 Å². The van der Waals surface area contributed by atoms with Crippen molar-refractivity contribution in [1.29, 1.82) is 0 Å². The lowest BCUT2D eigenvalue weighted by Crippen LogP contribution is -1.89. The number of hydrogen-bond acceptors (Lipinski definition) is 1. The summed E-state index contributed by atoms with van der Waals surface area (Å²) in [6, 6.07) is 57.8. The molecule has 0 aliphatic heterocycles. The molecule has 0 saturated carbocycles. The van der Waals surface area contributed by atoms with Gasteiger partial charge >= 0.3 is 0 Å². The fraction of sp³-hybridized carbons (Fsp3) is 0. The van der Waals surface area contributed by atoms with Crippen molar-refractivity contribution in [2.75, 3.05) is 0 Å². The SMILES string of the molecule is c1ccc2c(c1)ccc1cc(-c3ccc(-c4ccc5ccc6cccc7ccc4c5c67)c4oc5c6ccccc6ccc5c34)ccc12. The van der Waals surface area contributed by atoms with Gasteiger partial charge in [-0.15, -0.1) is 0 Å². The smallest absolute Gasteiger partial charge is 0.143 e. The standard InChI is InChI=1S/C46H26O/c1-3-10-34-27(6-1)12-15-32-26-33(19-20-35(32)34)36-24-25-40(46-44(36)41-23-16-28-7-2-4-11-37(28)45(41)47-46)38-21-17-31-14-13-29-8-5-9-30-18-22-39(38)43(31)42(29)30/h1-26H. The summed E-state index contributed by atoms with van der Waals surface area (Å²) in [6.07, 6.45) is 0. The lowest BCUT2D eigenvalue weighted by atomic mass is 9.88. The highest BCUT2D eigenvalue weighted by Gasteiger charge is 2.21. The minimum Gasteiger partial charge on any atom is -0.455 e. The van der Waals surface area contributed by atoms with Gasteiger partial charge in [0.15, 0.2) is 0 Å². The van der Waals surface area contributed by atoms with Gasteiger partial charge < -0.3 is 4.42 Å². The molecule has 0 unspecified atom stereocenters.